The van der Waals surface area contributed by atoms with E-state index in [0.29, 0.717) is 18.6 Å². The fourth-order valence-corrected chi connectivity index (χ4v) is 2.10. The van der Waals surface area contributed by atoms with E-state index in [0.717, 1.165) is 6.26 Å². The van der Waals surface area contributed by atoms with Gasteiger partial charge >= 0.3 is 11.9 Å². The van der Waals surface area contributed by atoms with Crippen LogP contribution < -0.4 is 0 Å². The maximum atomic E-state index is 11.7. The molecule has 6 heteroatoms. The number of aliphatic carboxylic acids is 1. The number of hydrogen-bond donors (Lipinski definition) is 1. The fraction of sp³-hybridized carbons (Fsp3) is 0.333. The highest BCUT2D eigenvalue weighted by atomic mass is 32.1. The summed E-state index contributed by atoms with van der Waals surface area (Å²) in [6.45, 7) is 2.19. The molecule has 1 aromatic heterocycles. The van der Waals surface area contributed by atoms with Gasteiger partial charge in [-0.2, -0.15) is 11.3 Å². The van der Waals surface area contributed by atoms with Crippen molar-refractivity contribution in [2.75, 3.05) is 13.7 Å². The molecule has 0 aliphatic heterocycles. The molecule has 0 aliphatic rings. The number of hydrogen-bond acceptors (Lipinski definition) is 5. The van der Waals surface area contributed by atoms with Gasteiger partial charge in [-0.25, -0.2) is 9.59 Å². The van der Waals surface area contributed by atoms with Crippen LogP contribution >= 0.6 is 11.3 Å². The van der Waals surface area contributed by atoms with Crippen LogP contribution in [-0.4, -0.2) is 30.8 Å². The summed E-state index contributed by atoms with van der Waals surface area (Å²) in [6, 6.07) is 0. The highest BCUT2D eigenvalue weighted by molar-refractivity contribution is 7.08. The van der Waals surface area contributed by atoms with Crippen LogP contribution in [0.5, 0.6) is 0 Å². The molecule has 5 nitrogen and oxygen atoms in total. The number of carboxylic acids is 1. The predicted molar refractivity (Wildman–Crippen MR) is 67.5 cm³/mol. The number of methoxy groups -OCH3 is 1. The summed E-state index contributed by atoms with van der Waals surface area (Å²) in [6.07, 6.45) is 1.81. The zero-order valence-corrected chi connectivity index (χ0v) is 11.0. The molecule has 0 aromatic carbocycles. The summed E-state index contributed by atoms with van der Waals surface area (Å²) in [5.74, 6) is -1.67. The molecule has 0 radical (unpaired) electrons. The zero-order valence-electron chi connectivity index (χ0n) is 10.1. The predicted octanol–water partition coefficient (Wildman–Crippen LogP) is 2.39. The summed E-state index contributed by atoms with van der Waals surface area (Å²) in [5.41, 5.74) is 0.497. The molecule has 0 spiro atoms. The van der Waals surface area contributed by atoms with Crippen LogP contribution in [0.4, 0.5) is 0 Å². The Morgan fingerprint density at radius 1 is 1.39 bits per heavy atom. The summed E-state index contributed by atoms with van der Waals surface area (Å²) >= 11 is 1.24. The minimum absolute atomic E-state index is 0.0674. The van der Waals surface area contributed by atoms with Crippen molar-refractivity contribution >= 4 is 28.8 Å². The first-order valence-corrected chi connectivity index (χ1v) is 6.26. The maximum Gasteiger partial charge on any atom is 0.339 e. The molecule has 0 saturated carbocycles. The normalized spacial score (nSPS) is 11.1. The molecular formula is C12H14O5S. The second-order valence-corrected chi connectivity index (χ2v) is 4.15. The topological polar surface area (TPSA) is 72.8 Å². The van der Waals surface area contributed by atoms with Gasteiger partial charge in [0, 0.05) is 10.9 Å². The average molecular weight is 270 g/mol. The van der Waals surface area contributed by atoms with Crippen LogP contribution in [0.25, 0.3) is 5.57 Å². The van der Waals surface area contributed by atoms with Gasteiger partial charge in [-0.3, -0.25) is 0 Å². The van der Waals surface area contributed by atoms with Gasteiger partial charge in [0.25, 0.3) is 0 Å². The van der Waals surface area contributed by atoms with Crippen LogP contribution in [0.15, 0.2) is 17.0 Å². The number of carboxylic acid groups (broad SMARTS) is 1. The van der Waals surface area contributed by atoms with E-state index in [1.807, 2.05) is 6.92 Å². The van der Waals surface area contributed by atoms with E-state index >= 15 is 0 Å². The van der Waals surface area contributed by atoms with Crippen molar-refractivity contribution in [2.45, 2.75) is 13.3 Å². The van der Waals surface area contributed by atoms with Crippen molar-refractivity contribution in [2.24, 2.45) is 0 Å². The standard InChI is InChI=1S/C12H14O5S/c1-3-4-17-12(15)10-7-18-6-9(10)8(5-16-2)11(13)14/h5-7H,3-4H2,1-2H3,(H,13,14). The molecule has 1 heterocycles. The van der Waals surface area contributed by atoms with Gasteiger partial charge in [-0.15, -0.1) is 0 Å². The number of thiophene rings is 1. The van der Waals surface area contributed by atoms with Crippen molar-refractivity contribution < 1.29 is 24.2 Å². The van der Waals surface area contributed by atoms with E-state index in [-0.39, 0.29) is 11.1 Å². The lowest BCUT2D eigenvalue weighted by Gasteiger charge is -2.05. The van der Waals surface area contributed by atoms with Gasteiger partial charge in [-0.1, -0.05) is 6.92 Å². The monoisotopic (exact) mass is 270 g/mol. The molecule has 0 amide bonds. The van der Waals surface area contributed by atoms with Gasteiger partial charge in [0.2, 0.25) is 0 Å². The van der Waals surface area contributed by atoms with E-state index in [1.165, 1.54) is 18.4 Å². The second kappa shape index (κ2) is 6.80. The van der Waals surface area contributed by atoms with Crippen LogP contribution in [0.1, 0.15) is 29.3 Å². The van der Waals surface area contributed by atoms with E-state index in [4.69, 9.17) is 14.6 Å². The molecule has 0 fully saturated rings. The Kier molecular flexibility index (Phi) is 5.38. The molecule has 1 N–H and O–H groups in total. The quantitative estimate of drug-likeness (QED) is 0.488. The van der Waals surface area contributed by atoms with E-state index in [1.54, 1.807) is 10.8 Å². The maximum absolute atomic E-state index is 11.7. The summed E-state index contributed by atoms with van der Waals surface area (Å²) in [4.78, 5) is 22.8. The van der Waals surface area contributed by atoms with Crippen molar-refractivity contribution in [1.29, 1.82) is 0 Å². The summed E-state index contributed by atoms with van der Waals surface area (Å²) in [7, 11) is 1.35. The minimum Gasteiger partial charge on any atom is -0.503 e. The van der Waals surface area contributed by atoms with Crippen molar-refractivity contribution in [3.05, 3.63) is 28.1 Å². The first-order chi connectivity index (χ1) is 8.61. The van der Waals surface area contributed by atoms with Crippen molar-refractivity contribution in [3.63, 3.8) is 0 Å². The lowest BCUT2D eigenvalue weighted by molar-refractivity contribution is -0.130. The SMILES string of the molecule is CCCOC(=O)c1cscc1C(=COC)C(=O)O. The highest BCUT2D eigenvalue weighted by Gasteiger charge is 2.21. The Hall–Kier alpha value is -1.82. The van der Waals surface area contributed by atoms with Gasteiger partial charge in [0.05, 0.1) is 25.5 Å². The molecule has 98 valence electrons. The number of carbonyl (C=O) groups is 2. The number of ether oxygens (including phenoxy) is 2. The third-order valence-corrected chi connectivity index (χ3v) is 2.82. The lowest BCUT2D eigenvalue weighted by Crippen LogP contribution is -2.09. The smallest absolute Gasteiger partial charge is 0.339 e. The summed E-state index contributed by atoms with van der Waals surface area (Å²) in [5, 5.41) is 12.2. The molecule has 1 rings (SSSR count). The second-order valence-electron chi connectivity index (χ2n) is 3.41. The minimum atomic E-state index is -1.15. The van der Waals surface area contributed by atoms with Crippen molar-refractivity contribution in [3.8, 4) is 0 Å². The number of rotatable bonds is 6. The molecule has 1 aromatic rings. The fourth-order valence-electron chi connectivity index (χ4n) is 1.28. The van der Waals surface area contributed by atoms with E-state index < -0.39 is 11.9 Å². The molecule has 18 heavy (non-hydrogen) atoms. The molecule has 0 atom stereocenters. The Morgan fingerprint density at radius 3 is 2.61 bits per heavy atom. The molecule has 0 aliphatic carbocycles. The first kappa shape index (κ1) is 14.2. The van der Waals surface area contributed by atoms with Crippen molar-refractivity contribution in [1.82, 2.24) is 0 Å². The number of esters is 1. The van der Waals surface area contributed by atoms with Gasteiger partial charge in [0.1, 0.15) is 5.57 Å². The van der Waals surface area contributed by atoms with Gasteiger partial charge in [-0.05, 0) is 11.8 Å². The van der Waals surface area contributed by atoms with Crippen LogP contribution in [0.2, 0.25) is 0 Å². The largest absolute Gasteiger partial charge is 0.503 e. The number of carbonyl (C=O) groups excluding carboxylic acids is 1. The third kappa shape index (κ3) is 3.33. The molecule has 0 bridgehead atoms. The van der Waals surface area contributed by atoms with E-state index in [9.17, 15) is 9.59 Å². The zero-order chi connectivity index (χ0) is 13.5. The molecule has 0 unspecified atom stereocenters. The Balaban J connectivity index is 3.04. The molecular weight excluding hydrogens is 256 g/mol. The average Bonchev–Trinajstić information content (AvgIpc) is 2.81. The summed E-state index contributed by atoms with van der Waals surface area (Å²) < 4.78 is 9.71. The first-order valence-electron chi connectivity index (χ1n) is 5.31. The van der Waals surface area contributed by atoms with Crippen LogP contribution in [-0.2, 0) is 14.3 Å². The van der Waals surface area contributed by atoms with E-state index in [2.05, 4.69) is 0 Å². The Morgan fingerprint density at radius 2 is 2.06 bits per heavy atom. The Bertz CT molecular complexity index is 461. The van der Waals surface area contributed by atoms with Gasteiger partial charge in [0.15, 0.2) is 0 Å². The lowest BCUT2D eigenvalue weighted by atomic mass is 10.1. The Labute approximate surface area is 109 Å². The highest BCUT2D eigenvalue weighted by Crippen LogP contribution is 2.24. The van der Waals surface area contributed by atoms with Gasteiger partial charge < -0.3 is 14.6 Å². The van der Waals surface area contributed by atoms with Crippen LogP contribution in [0.3, 0.4) is 0 Å². The van der Waals surface area contributed by atoms with Crippen LogP contribution in [0, 0.1) is 0 Å². The molecule has 0 saturated heterocycles. The third-order valence-electron chi connectivity index (χ3n) is 2.08.